The largest absolute Gasteiger partial charge is 0.363 e. The molecule has 2 rings (SSSR count). The zero-order valence-electron chi connectivity index (χ0n) is 8.46. The first-order valence-electron chi connectivity index (χ1n) is 4.59. The predicted molar refractivity (Wildman–Crippen MR) is 65.3 cm³/mol. The molecule has 0 saturated carbocycles. The second-order valence-electron chi connectivity index (χ2n) is 3.07. The molecule has 0 bridgehead atoms. The number of pyridine rings is 1. The Labute approximate surface area is 105 Å². The summed E-state index contributed by atoms with van der Waals surface area (Å²) in [7, 11) is 0. The zero-order valence-corrected chi connectivity index (χ0v) is 10.0. The molecule has 0 aliphatic rings. The quantitative estimate of drug-likeness (QED) is 0.525. The molecule has 0 atom stereocenters. The molecule has 2 aromatic rings. The van der Waals surface area contributed by atoms with Crippen molar-refractivity contribution in [1.29, 1.82) is 0 Å². The van der Waals surface area contributed by atoms with Gasteiger partial charge in [-0.05, 0) is 0 Å². The van der Waals surface area contributed by atoms with E-state index in [9.17, 15) is 10.1 Å². The summed E-state index contributed by atoms with van der Waals surface area (Å²) in [5.74, 6) is 0.361. The summed E-state index contributed by atoms with van der Waals surface area (Å²) in [5.41, 5.74) is -0.0911. The number of nitrogens with zero attached hydrogens (tertiary/aromatic N) is 3. The second kappa shape index (κ2) is 5.07. The van der Waals surface area contributed by atoms with Gasteiger partial charge in [0.2, 0.25) is 0 Å². The lowest BCUT2D eigenvalue weighted by atomic mass is 10.4. The summed E-state index contributed by atoms with van der Waals surface area (Å²) in [5, 5.41) is 16.4. The van der Waals surface area contributed by atoms with Crippen LogP contribution in [0.4, 0.5) is 11.5 Å². The Morgan fingerprint density at radius 3 is 3.00 bits per heavy atom. The SMILES string of the molecule is O=[N+]([O-])c1cc(Cl)nc(NCc2nccs2)c1. The van der Waals surface area contributed by atoms with E-state index < -0.39 is 4.92 Å². The Morgan fingerprint density at radius 2 is 2.35 bits per heavy atom. The number of hydrogen-bond donors (Lipinski definition) is 1. The average molecular weight is 271 g/mol. The number of halogens is 1. The molecule has 2 heterocycles. The van der Waals surface area contributed by atoms with Gasteiger partial charge in [0.05, 0.1) is 23.6 Å². The molecule has 0 aliphatic carbocycles. The highest BCUT2D eigenvalue weighted by atomic mass is 35.5. The second-order valence-corrected chi connectivity index (χ2v) is 4.44. The summed E-state index contributed by atoms with van der Waals surface area (Å²) in [6.07, 6.45) is 1.69. The van der Waals surface area contributed by atoms with E-state index in [0.717, 1.165) is 5.01 Å². The number of nitrogens with one attached hydrogen (secondary N) is 1. The Balaban J connectivity index is 2.13. The van der Waals surface area contributed by atoms with Crippen molar-refractivity contribution in [3.8, 4) is 0 Å². The van der Waals surface area contributed by atoms with Crippen molar-refractivity contribution >= 4 is 34.4 Å². The van der Waals surface area contributed by atoms with Gasteiger partial charge in [-0.2, -0.15) is 0 Å². The van der Waals surface area contributed by atoms with E-state index in [-0.39, 0.29) is 10.8 Å². The fourth-order valence-electron chi connectivity index (χ4n) is 1.19. The van der Waals surface area contributed by atoms with Gasteiger partial charge >= 0.3 is 0 Å². The Morgan fingerprint density at radius 1 is 1.53 bits per heavy atom. The molecular weight excluding hydrogens is 264 g/mol. The molecule has 0 amide bonds. The summed E-state index contributed by atoms with van der Waals surface area (Å²) < 4.78 is 0. The molecule has 0 radical (unpaired) electrons. The van der Waals surface area contributed by atoms with E-state index in [4.69, 9.17) is 11.6 Å². The first-order valence-corrected chi connectivity index (χ1v) is 5.85. The monoisotopic (exact) mass is 270 g/mol. The number of rotatable bonds is 4. The van der Waals surface area contributed by atoms with Crippen molar-refractivity contribution in [1.82, 2.24) is 9.97 Å². The van der Waals surface area contributed by atoms with Crippen LogP contribution in [0.1, 0.15) is 5.01 Å². The Hall–Kier alpha value is -1.73. The lowest BCUT2D eigenvalue weighted by Crippen LogP contribution is -2.02. The van der Waals surface area contributed by atoms with Gasteiger partial charge in [0.25, 0.3) is 5.69 Å². The average Bonchev–Trinajstić information content (AvgIpc) is 2.78. The maximum absolute atomic E-state index is 10.6. The Bertz CT molecular complexity index is 532. The number of aromatic nitrogens is 2. The van der Waals surface area contributed by atoms with E-state index >= 15 is 0 Å². The number of thiazole rings is 1. The summed E-state index contributed by atoms with van der Waals surface area (Å²) in [6.45, 7) is 0.460. The topological polar surface area (TPSA) is 81.0 Å². The first kappa shape index (κ1) is 11.7. The number of hydrogen-bond acceptors (Lipinski definition) is 6. The first-order chi connectivity index (χ1) is 8.15. The molecule has 0 unspecified atom stereocenters. The van der Waals surface area contributed by atoms with Crippen molar-refractivity contribution in [2.75, 3.05) is 5.32 Å². The molecule has 17 heavy (non-hydrogen) atoms. The minimum Gasteiger partial charge on any atom is -0.363 e. The molecule has 6 nitrogen and oxygen atoms in total. The van der Waals surface area contributed by atoms with Crippen LogP contribution >= 0.6 is 22.9 Å². The Kier molecular flexibility index (Phi) is 3.50. The van der Waals surface area contributed by atoms with Crippen LogP contribution in [0.15, 0.2) is 23.7 Å². The van der Waals surface area contributed by atoms with Crippen LogP contribution in [0.5, 0.6) is 0 Å². The summed E-state index contributed by atoms with van der Waals surface area (Å²) in [4.78, 5) is 18.1. The molecule has 0 spiro atoms. The highest BCUT2D eigenvalue weighted by Crippen LogP contribution is 2.21. The van der Waals surface area contributed by atoms with Gasteiger partial charge in [-0.1, -0.05) is 11.6 Å². The highest BCUT2D eigenvalue weighted by Gasteiger charge is 2.10. The standard InChI is InChI=1S/C9H7ClN4O2S/c10-7-3-6(14(15)16)4-8(13-7)12-5-9-11-1-2-17-9/h1-4H,5H2,(H,12,13). The van der Waals surface area contributed by atoms with Gasteiger partial charge in [-0.25, -0.2) is 9.97 Å². The zero-order chi connectivity index (χ0) is 12.3. The van der Waals surface area contributed by atoms with Crippen molar-refractivity contribution in [2.24, 2.45) is 0 Å². The van der Waals surface area contributed by atoms with E-state index in [1.807, 2.05) is 5.38 Å². The van der Waals surface area contributed by atoms with Crippen LogP contribution < -0.4 is 5.32 Å². The van der Waals surface area contributed by atoms with Crippen LogP contribution in [-0.2, 0) is 6.54 Å². The molecule has 0 aromatic carbocycles. The van der Waals surface area contributed by atoms with Crippen LogP contribution in [-0.4, -0.2) is 14.9 Å². The van der Waals surface area contributed by atoms with Crippen molar-refractivity contribution in [3.63, 3.8) is 0 Å². The lowest BCUT2D eigenvalue weighted by molar-refractivity contribution is -0.384. The molecule has 2 aromatic heterocycles. The fourth-order valence-corrected chi connectivity index (χ4v) is 1.94. The van der Waals surface area contributed by atoms with E-state index in [1.54, 1.807) is 6.20 Å². The molecule has 0 fully saturated rings. The van der Waals surface area contributed by atoms with E-state index in [1.165, 1.54) is 23.5 Å². The number of nitro groups is 1. The lowest BCUT2D eigenvalue weighted by Gasteiger charge is -2.03. The van der Waals surface area contributed by atoms with Crippen molar-refractivity contribution in [3.05, 3.63) is 44.0 Å². The summed E-state index contributed by atoms with van der Waals surface area (Å²) >= 11 is 7.17. The van der Waals surface area contributed by atoms with Crippen LogP contribution in [0.2, 0.25) is 5.15 Å². The minimum atomic E-state index is -0.512. The van der Waals surface area contributed by atoms with Gasteiger partial charge in [-0.15, -0.1) is 11.3 Å². The van der Waals surface area contributed by atoms with Crippen molar-refractivity contribution in [2.45, 2.75) is 6.54 Å². The third kappa shape index (κ3) is 3.11. The molecule has 88 valence electrons. The van der Waals surface area contributed by atoms with Gasteiger partial charge in [0.15, 0.2) is 0 Å². The minimum absolute atomic E-state index is 0.0841. The molecule has 0 aliphatic heterocycles. The van der Waals surface area contributed by atoms with Crippen LogP contribution in [0.3, 0.4) is 0 Å². The normalized spacial score (nSPS) is 10.2. The molecule has 1 N–H and O–H groups in total. The summed E-state index contributed by atoms with van der Waals surface area (Å²) in [6, 6.07) is 2.54. The van der Waals surface area contributed by atoms with Gasteiger partial charge in [-0.3, -0.25) is 10.1 Å². The van der Waals surface area contributed by atoms with Gasteiger partial charge < -0.3 is 5.32 Å². The van der Waals surface area contributed by atoms with Crippen molar-refractivity contribution < 1.29 is 4.92 Å². The fraction of sp³-hybridized carbons (Fsp3) is 0.111. The predicted octanol–water partition coefficient (Wildman–Crippen LogP) is 2.71. The highest BCUT2D eigenvalue weighted by molar-refractivity contribution is 7.09. The smallest absolute Gasteiger partial charge is 0.276 e. The van der Waals surface area contributed by atoms with Gasteiger partial charge in [0.1, 0.15) is 16.0 Å². The maximum atomic E-state index is 10.6. The van der Waals surface area contributed by atoms with E-state index in [0.29, 0.717) is 12.4 Å². The molecule has 0 saturated heterocycles. The van der Waals surface area contributed by atoms with Crippen LogP contribution in [0.25, 0.3) is 0 Å². The van der Waals surface area contributed by atoms with Gasteiger partial charge in [0, 0.05) is 11.6 Å². The van der Waals surface area contributed by atoms with E-state index in [2.05, 4.69) is 15.3 Å². The molecule has 8 heteroatoms. The van der Waals surface area contributed by atoms with Crippen LogP contribution in [0, 0.1) is 10.1 Å². The molecular formula is C9H7ClN4O2S. The maximum Gasteiger partial charge on any atom is 0.276 e. The number of anilines is 1. The third-order valence-electron chi connectivity index (χ3n) is 1.89. The third-order valence-corrected chi connectivity index (χ3v) is 2.87.